The van der Waals surface area contributed by atoms with Gasteiger partial charge in [-0.1, -0.05) is 45.0 Å². The second-order valence-corrected chi connectivity index (χ2v) is 8.46. The summed E-state index contributed by atoms with van der Waals surface area (Å²) >= 11 is 0. The van der Waals surface area contributed by atoms with Gasteiger partial charge in [-0.25, -0.2) is 4.79 Å². The largest absolute Gasteiger partial charge is 0.508 e. The highest BCUT2D eigenvalue weighted by Crippen LogP contribution is 2.42. The predicted octanol–water partition coefficient (Wildman–Crippen LogP) is 3.69. The molecule has 3 rings (SSSR count). The molecule has 2 aromatic carbocycles. The third kappa shape index (κ3) is 4.30. The van der Waals surface area contributed by atoms with Crippen LogP contribution in [0.25, 0.3) is 0 Å². The minimum atomic E-state index is -0.855. The fraction of sp³-hybridized carbons (Fsp3) is 0.292. The normalized spacial score (nSPS) is 16.6. The van der Waals surface area contributed by atoms with Gasteiger partial charge in [0.2, 0.25) is 0 Å². The Morgan fingerprint density at radius 1 is 1.06 bits per heavy atom. The minimum absolute atomic E-state index is 0.00859. The number of amides is 1. The third-order valence-electron chi connectivity index (χ3n) is 5.14. The van der Waals surface area contributed by atoms with Crippen molar-refractivity contribution in [1.82, 2.24) is 4.90 Å². The summed E-state index contributed by atoms with van der Waals surface area (Å²) in [5.41, 5.74) is 0.763. The monoisotopic (exact) mass is 423 g/mol. The Kier molecular flexibility index (Phi) is 5.88. The molecule has 0 aliphatic carbocycles. The van der Waals surface area contributed by atoms with E-state index in [4.69, 9.17) is 4.74 Å². The van der Waals surface area contributed by atoms with Crippen molar-refractivity contribution in [2.75, 3.05) is 7.11 Å². The van der Waals surface area contributed by atoms with Crippen LogP contribution in [0.15, 0.2) is 59.9 Å². The lowest BCUT2D eigenvalue weighted by Crippen LogP contribution is -2.32. The molecule has 0 saturated heterocycles. The minimum Gasteiger partial charge on any atom is -0.508 e. The zero-order valence-corrected chi connectivity index (χ0v) is 17.9. The van der Waals surface area contributed by atoms with Crippen LogP contribution in [0.2, 0.25) is 0 Å². The molecule has 0 aromatic heterocycles. The standard InChI is InChI=1S/C24H25NO6/c1-24(2,3)21(28)18-19(16-6-5-7-17(26)12-16)25(22(29)20(18)27)13-14-8-10-15(11-9-14)23(30)31-4/h5-12,19,26-27H,13H2,1-4H3. The van der Waals surface area contributed by atoms with E-state index in [1.807, 2.05) is 0 Å². The molecule has 0 saturated carbocycles. The zero-order valence-electron chi connectivity index (χ0n) is 17.9. The Morgan fingerprint density at radius 3 is 2.26 bits per heavy atom. The molecule has 1 heterocycles. The van der Waals surface area contributed by atoms with E-state index in [9.17, 15) is 24.6 Å². The van der Waals surface area contributed by atoms with Crippen LogP contribution in [0.4, 0.5) is 0 Å². The summed E-state index contributed by atoms with van der Waals surface area (Å²) in [5, 5.41) is 20.6. The first-order valence-corrected chi connectivity index (χ1v) is 9.79. The van der Waals surface area contributed by atoms with Crippen LogP contribution >= 0.6 is 0 Å². The first-order chi connectivity index (χ1) is 14.5. The highest BCUT2D eigenvalue weighted by atomic mass is 16.5. The molecule has 1 amide bonds. The molecule has 2 aromatic rings. The zero-order chi connectivity index (χ0) is 22.9. The van der Waals surface area contributed by atoms with Crippen molar-refractivity contribution in [1.29, 1.82) is 0 Å². The molecule has 0 fully saturated rings. The summed E-state index contributed by atoms with van der Waals surface area (Å²) in [6.45, 7) is 5.24. The maximum absolute atomic E-state index is 13.1. The van der Waals surface area contributed by atoms with E-state index < -0.39 is 29.1 Å². The highest BCUT2D eigenvalue weighted by Gasteiger charge is 2.46. The van der Waals surface area contributed by atoms with Crippen LogP contribution in [0.5, 0.6) is 5.75 Å². The fourth-order valence-corrected chi connectivity index (χ4v) is 3.55. The summed E-state index contributed by atoms with van der Waals surface area (Å²) in [6, 6.07) is 11.9. The number of rotatable bonds is 5. The lowest BCUT2D eigenvalue weighted by atomic mass is 9.82. The van der Waals surface area contributed by atoms with Crippen molar-refractivity contribution in [3.63, 3.8) is 0 Å². The third-order valence-corrected chi connectivity index (χ3v) is 5.14. The molecule has 0 radical (unpaired) electrons. The van der Waals surface area contributed by atoms with Crippen LogP contribution in [0.3, 0.4) is 0 Å². The number of benzene rings is 2. The number of ketones is 1. The SMILES string of the molecule is COC(=O)c1ccc(CN2C(=O)C(O)=C(C(=O)C(C)(C)C)C2c2cccc(O)c2)cc1. The van der Waals surface area contributed by atoms with Gasteiger partial charge in [-0.2, -0.15) is 0 Å². The topological polar surface area (TPSA) is 104 Å². The summed E-state index contributed by atoms with van der Waals surface area (Å²) in [6.07, 6.45) is 0. The number of carbonyl (C=O) groups is 3. The molecule has 1 unspecified atom stereocenters. The molecule has 7 nitrogen and oxygen atoms in total. The average Bonchev–Trinajstić information content (AvgIpc) is 2.97. The van der Waals surface area contributed by atoms with Gasteiger partial charge in [0.05, 0.1) is 24.3 Å². The summed E-state index contributed by atoms with van der Waals surface area (Å²) in [7, 11) is 1.29. The average molecular weight is 423 g/mol. The first-order valence-electron chi connectivity index (χ1n) is 9.79. The van der Waals surface area contributed by atoms with E-state index in [2.05, 4.69) is 0 Å². The predicted molar refractivity (Wildman–Crippen MR) is 113 cm³/mol. The van der Waals surface area contributed by atoms with E-state index in [0.29, 0.717) is 16.7 Å². The number of ether oxygens (including phenoxy) is 1. The van der Waals surface area contributed by atoms with Crippen molar-refractivity contribution in [3.8, 4) is 5.75 Å². The van der Waals surface area contributed by atoms with E-state index in [1.54, 1.807) is 57.2 Å². The molecule has 31 heavy (non-hydrogen) atoms. The Morgan fingerprint density at radius 2 is 1.71 bits per heavy atom. The maximum atomic E-state index is 13.1. The Balaban J connectivity index is 2.03. The number of aliphatic hydroxyl groups is 1. The van der Waals surface area contributed by atoms with E-state index >= 15 is 0 Å². The number of phenols is 1. The van der Waals surface area contributed by atoms with Gasteiger partial charge in [-0.15, -0.1) is 0 Å². The molecule has 0 spiro atoms. The summed E-state index contributed by atoms with van der Waals surface area (Å²) < 4.78 is 4.69. The van der Waals surface area contributed by atoms with Crippen molar-refractivity contribution in [3.05, 3.63) is 76.6 Å². The molecule has 2 N–H and O–H groups in total. The lowest BCUT2D eigenvalue weighted by molar-refractivity contribution is -0.130. The number of nitrogens with zero attached hydrogens (tertiary/aromatic N) is 1. The van der Waals surface area contributed by atoms with Gasteiger partial charge >= 0.3 is 5.97 Å². The molecule has 1 aliphatic heterocycles. The van der Waals surface area contributed by atoms with Crippen molar-refractivity contribution >= 4 is 17.7 Å². The number of hydrogen-bond donors (Lipinski definition) is 2. The molecular weight excluding hydrogens is 398 g/mol. The number of methoxy groups -OCH3 is 1. The Hall–Kier alpha value is -3.61. The number of phenolic OH excluding ortho intramolecular Hbond substituents is 1. The van der Waals surface area contributed by atoms with Gasteiger partial charge in [0.25, 0.3) is 5.91 Å². The highest BCUT2D eigenvalue weighted by molar-refractivity contribution is 6.10. The molecule has 162 valence electrons. The van der Waals surface area contributed by atoms with Crippen molar-refractivity contribution < 1.29 is 29.3 Å². The number of Topliss-reactive ketones (excluding diaryl/α,β-unsaturated/α-hetero) is 1. The number of aliphatic hydroxyl groups excluding tert-OH is 1. The summed E-state index contributed by atoms with van der Waals surface area (Å²) in [5.74, 6) is -2.09. The second-order valence-electron chi connectivity index (χ2n) is 8.46. The van der Waals surface area contributed by atoms with Crippen LogP contribution < -0.4 is 0 Å². The molecular formula is C24H25NO6. The number of aromatic hydroxyl groups is 1. The van der Waals surface area contributed by atoms with Gasteiger partial charge in [-0.05, 0) is 35.4 Å². The van der Waals surface area contributed by atoms with E-state index in [1.165, 1.54) is 24.1 Å². The molecule has 7 heteroatoms. The fourth-order valence-electron chi connectivity index (χ4n) is 3.55. The van der Waals surface area contributed by atoms with Gasteiger partial charge in [0.1, 0.15) is 5.75 Å². The van der Waals surface area contributed by atoms with E-state index in [0.717, 1.165) is 0 Å². The first kappa shape index (κ1) is 22.1. The molecule has 1 atom stereocenters. The van der Waals surface area contributed by atoms with Gasteiger partial charge in [0, 0.05) is 12.0 Å². The molecule has 0 bridgehead atoms. The van der Waals surface area contributed by atoms with Crippen LogP contribution in [-0.2, 0) is 20.9 Å². The van der Waals surface area contributed by atoms with Gasteiger partial charge in [0.15, 0.2) is 11.5 Å². The number of esters is 1. The van der Waals surface area contributed by atoms with Crippen molar-refractivity contribution in [2.45, 2.75) is 33.4 Å². The van der Waals surface area contributed by atoms with Crippen molar-refractivity contribution in [2.24, 2.45) is 5.41 Å². The molecule has 1 aliphatic rings. The lowest BCUT2D eigenvalue weighted by Gasteiger charge is -2.29. The van der Waals surface area contributed by atoms with Crippen LogP contribution in [0, 0.1) is 5.41 Å². The number of carbonyl (C=O) groups excluding carboxylic acids is 3. The van der Waals surface area contributed by atoms with Crippen LogP contribution in [0.1, 0.15) is 48.3 Å². The van der Waals surface area contributed by atoms with Crippen LogP contribution in [-0.4, -0.2) is 39.9 Å². The quantitative estimate of drug-likeness (QED) is 0.711. The van der Waals surface area contributed by atoms with Gasteiger partial charge < -0.3 is 19.8 Å². The van der Waals surface area contributed by atoms with E-state index in [-0.39, 0.29) is 23.7 Å². The second kappa shape index (κ2) is 8.26. The Labute approximate surface area is 180 Å². The van der Waals surface area contributed by atoms with Gasteiger partial charge in [-0.3, -0.25) is 9.59 Å². The smallest absolute Gasteiger partial charge is 0.337 e. The number of hydrogen-bond acceptors (Lipinski definition) is 6. The Bertz CT molecular complexity index is 1060. The summed E-state index contributed by atoms with van der Waals surface area (Å²) in [4.78, 5) is 39.1. The maximum Gasteiger partial charge on any atom is 0.337 e.